The molecule has 10 heteroatoms. The quantitative estimate of drug-likeness (QED) is 0.581. The van der Waals surface area contributed by atoms with E-state index in [1.807, 2.05) is 6.92 Å². The number of halogens is 3. The van der Waals surface area contributed by atoms with Crippen molar-refractivity contribution in [2.45, 2.75) is 19.1 Å². The minimum atomic E-state index is -4.44. The molecule has 1 aromatic carbocycles. The number of anilines is 2. The van der Waals surface area contributed by atoms with Crippen molar-refractivity contribution in [3.8, 4) is 11.8 Å². The van der Waals surface area contributed by atoms with E-state index in [0.29, 0.717) is 16.8 Å². The van der Waals surface area contributed by atoms with Crippen LogP contribution in [0.25, 0.3) is 0 Å². The molecule has 0 bridgehead atoms. The maximum absolute atomic E-state index is 13.1. The van der Waals surface area contributed by atoms with Gasteiger partial charge in [-0.3, -0.25) is 9.48 Å². The van der Waals surface area contributed by atoms with Gasteiger partial charge in [-0.2, -0.15) is 31.8 Å². The first-order valence-corrected chi connectivity index (χ1v) is 9.05. The third kappa shape index (κ3) is 4.22. The maximum atomic E-state index is 13.1. The average molecular weight is 445 g/mol. The van der Waals surface area contributed by atoms with Gasteiger partial charge >= 0.3 is 6.18 Å². The molecule has 3 aromatic rings. The highest BCUT2D eigenvalue weighted by Crippen LogP contribution is 2.32. The van der Waals surface area contributed by atoms with E-state index in [1.54, 1.807) is 23.0 Å². The average Bonchev–Trinajstić information content (AvgIpc) is 3.14. The fraction of sp³-hybridized carbons (Fsp3) is 0.190. The normalized spacial score (nSPS) is 15.5. The number of hydrogen-bond acceptors (Lipinski definition) is 4. The second-order valence-electron chi connectivity index (χ2n) is 6.85. The van der Waals surface area contributed by atoms with E-state index in [9.17, 15) is 18.0 Å². The zero-order valence-electron chi connectivity index (χ0n) is 16.3. The molecule has 1 aliphatic heterocycles. The highest BCUT2D eigenvalue weighted by Gasteiger charge is 2.34. The number of nitrogen functional groups attached to an aromatic ring is 1. The van der Waals surface area contributed by atoms with Crippen molar-refractivity contribution in [1.29, 1.82) is 0 Å². The summed E-state index contributed by atoms with van der Waals surface area (Å²) in [5.41, 5.74) is 6.62. The van der Waals surface area contributed by atoms with Crippen LogP contribution in [0.2, 0.25) is 0 Å². The van der Waals surface area contributed by atoms with Gasteiger partial charge in [-0.15, -0.1) is 0 Å². The Hall–Kier alpha value is -3.45. The van der Waals surface area contributed by atoms with Gasteiger partial charge < -0.3 is 10.6 Å². The number of rotatable bonds is 1. The van der Waals surface area contributed by atoms with Gasteiger partial charge in [0.2, 0.25) is 0 Å². The van der Waals surface area contributed by atoms with Gasteiger partial charge in [-0.1, -0.05) is 11.8 Å². The number of pyridine rings is 1. The molecule has 0 spiro atoms. The van der Waals surface area contributed by atoms with Gasteiger partial charge in [-0.05, 0) is 43.3 Å². The molecule has 0 fully saturated rings. The van der Waals surface area contributed by atoms with Crippen molar-refractivity contribution < 1.29 is 18.0 Å². The standard InChI is InChI=1S/C21H16F3N5O.H2S/c1-13-12-28(17-8-6-16(7-9-17)21(22,23)24)20(30)18-15(11-27-29(13)18)5-4-14-3-2-10-26-19(14)25;/h2-3,6-11,13H,12H2,1H3,(H2,25,26);1H2/t13-;/m0./s1. The summed E-state index contributed by atoms with van der Waals surface area (Å²) in [6.45, 7) is 2.15. The molecular weight excluding hydrogens is 427 g/mol. The van der Waals surface area contributed by atoms with Crippen LogP contribution in [0.3, 0.4) is 0 Å². The van der Waals surface area contributed by atoms with Crippen LogP contribution in [0, 0.1) is 11.8 Å². The van der Waals surface area contributed by atoms with E-state index >= 15 is 0 Å². The maximum Gasteiger partial charge on any atom is 0.416 e. The van der Waals surface area contributed by atoms with Crippen LogP contribution < -0.4 is 10.6 Å². The van der Waals surface area contributed by atoms with E-state index in [1.165, 1.54) is 23.2 Å². The van der Waals surface area contributed by atoms with Gasteiger partial charge in [-0.25, -0.2) is 4.98 Å². The number of nitrogens with zero attached hydrogens (tertiary/aromatic N) is 4. The van der Waals surface area contributed by atoms with Crippen molar-refractivity contribution in [3.05, 3.63) is 71.2 Å². The van der Waals surface area contributed by atoms with Crippen LogP contribution in [0.5, 0.6) is 0 Å². The van der Waals surface area contributed by atoms with E-state index in [0.717, 1.165) is 12.1 Å². The Labute approximate surface area is 183 Å². The molecule has 6 nitrogen and oxygen atoms in total. The monoisotopic (exact) mass is 445 g/mol. The van der Waals surface area contributed by atoms with Gasteiger partial charge in [0, 0.05) is 18.4 Å². The van der Waals surface area contributed by atoms with Gasteiger partial charge in [0.05, 0.1) is 28.9 Å². The van der Waals surface area contributed by atoms with Crippen LogP contribution in [-0.2, 0) is 6.18 Å². The van der Waals surface area contributed by atoms with Crippen LogP contribution in [-0.4, -0.2) is 27.2 Å². The number of nitrogens with two attached hydrogens (primary N) is 1. The minimum Gasteiger partial charge on any atom is -0.383 e. The van der Waals surface area contributed by atoms with E-state index in [2.05, 4.69) is 21.9 Å². The van der Waals surface area contributed by atoms with Crippen molar-refractivity contribution >= 4 is 30.9 Å². The van der Waals surface area contributed by atoms with Crippen LogP contribution in [0.4, 0.5) is 24.7 Å². The van der Waals surface area contributed by atoms with E-state index < -0.39 is 11.7 Å². The molecule has 1 aliphatic rings. The molecule has 0 aliphatic carbocycles. The third-order valence-corrected chi connectivity index (χ3v) is 4.78. The van der Waals surface area contributed by atoms with Crippen molar-refractivity contribution in [3.63, 3.8) is 0 Å². The lowest BCUT2D eigenvalue weighted by Crippen LogP contribution is -2.43. The number of carbonyl (C=O) groups excluding carboxylic acids is 1. The summed E-state index contributed by atoms with van der Waals surface area (Å²) in [4.78, 5) is 18.5. The Morgan fingerprint density at radius 1 is 1.13 bits per heavy atom. The first kappa shape index (κ1) is 22.2. The molecule has 0 saturated carbocycles. The number of hydrogen-bond donors (Lipinski definition) is 1. The lowest BCUT2D eigenvalue weighted by molar-refractivity contribution is -0.137. The fourth-order valence-electron chi connectivity index (χ4n) is 3.26. The summed E-state index contributed by atoms with van der Waals surface area (Å²) in [5, 5.41) is 4.27. The molecule has 2 N–H and O–H groups in total. The first-order valence-electron chi connectivity index (χ1n) is 9.05. The predicted molar refractivity (Wildman–Crippen MR) is 115 cm³/mol. The smallest absolute Gasteiger partial charge is 0.383 e. The van der Waals surface area contributed by atoms with Crippen molar-refractivity contribution in [1.82, 2.24) is 14.8 Å². The van der Waals surface area contributed by atoms with Crippen LogP contribution >= 0.6 is 13.5 Å². The molecule has 1 amide bonds. The molecule has 0 unspecified atom stereocenters. The number of carbonyl (C=O) groups is 1. The Kier molecular flexibility index (Phi) is 5.99. The molecule has 160 valence electrons. The summed E-state index contributed by atoms with van der Waals surface area (Å²) in [5.74, 6) is 5.70. The number of alkyl halides is 3. The summed E-state index contributed by atoms with van der Waals surface area (Å²) < 4.78 is 40.1. The Morgan fingerprint density at radius 2 is 1.81 bits per heavy atom. The second-order valence-corrected chi connectivity index (χ2v) is 6.85. The van der Waals surface area contributed by atoms with Crippen LogP contribution in [0.1, 0.15) is 40.1 Å². The lowest BCUT2D eigenvalue weighted by atomic mass is 10.1. The second kappa shape index (κ2) is 8.35. The lowest BCUT2D eigenvalue weighted by Gasteiger charge is -2.32. The van der Waals surface area contributed by atoms with Crippen molar-refractivity contribution in [2.24, 2.45) is 0 Å². The summed E-state index contributed by atoms with van der Waals surface area (Å²) in [6, 6.07) is 7.75. The summed E-state index contributed by atoms with van der Waals surface area (Å²) >= 11 is 0. The number of benzene rings is 1. The topological polar surface area (TPSA) is 77.0 Å². The number of fused-ring (bicyclic) bond motifs is 1. The van der Waals surface area contributed by atoms with Crippen molar-refractivity contribution in [2.75, 3.05) is 17.2 Å². The Morgan fingerprint density at radius 3 is 2.45 bits per heavy atom. The van der Waals surface area contributed by atoms with E-state index in [4.69, 9.17) is 5.73 Å². The molecular formula is C21H18F3N5OS. The first-order chi connectivity index (χ1) is 14.3. The highest BCUT2D eigenvalue weighted by molar-refractivity contribution is 7.59. The molecule has 0 radical (unpaired) electrons. The summed E-state index contributed by atoms with van der Waals surface area (Å²) in [6.07, 6.45) is -1.39. The zero-order valence-corrected chi connectivity index (χ0v) is 17.3. The molecule has 31 heavy (non-hydrogen) atoms. The SMILES string of the molecule is C[C@H]1CN(c2ccc(C(F)(F)F)cc2)C(=O)c2c(C#Cc3cccnc3N)cnn21.S. The van der Waals surface area contributed by atoms with Crippen LogP contribution in [0.15, 0.2) is 48.8 Å². The molecule has 1 atom stereocenters. The number of aromatic nitrogens is 3. The highest BCUT2D eigenvalue weighted by atomic mass is 32.1. The third-order valence-electron chi connectivity index (χ3n) is 4.78. The van der Waals surface area contributed by atoms with Gasteiger partial charge in [0.1, 0.15) is 11.5 Å². The minimum absolute atomic E-state index is 0. The zero-order chi connectivity index (χ0) is 21.5. The predicted octanol–water partition coefficient (Wildman–Crippen LogP) is 3.61. The molecule has 3 heterocycles. The Bertz CT molecular complexity index is 1180. The van der Waals surface area contributed by atoms with E-state index in [-0.39, 0.29) is 43.5 Å². The largest absolute Gasteiger partial charge is 0.416 e. The fourth-order valence-corrected chi connectivity index (χ4v) is 3.26. The molecule has 4 rings (SSSR count). The Balaban J connectivity index is 0.00000272. The molecule has 2 aromatic heterocycles. The van der Waals surface area contributed by atoms with Gasteiger partial charge in [0.25, 0.3) is 5.91 Å². The molecule has 0 saturated heterocycles. The van der Waals surface area contributed by atoms with Gasteiger partial charge in [0.15, 0.2) is 0 Å². The number of amides is 1. The summed E-state index contributed by atoms with van der Waals surface area (Å²) in [7, 11) is 0.